The van der Waals surface area contributed by atoms with Gasteiger partial charge in [0.25, 0.3) is 0 Å². The van der Waals surface area contributed by atoms with E-state index in [-0.39, 0.29) is 0 Å². The minimum Gasteiger partial charge on any atom is -0.337 e. The zero-order valence-electron chi connectivity index (χ0n) is 8.16. The normalized spacial score (nSPS) is 17.3. The number of nitrogens with one attached hydrogen (secondary N) is 1. The average molecular weight is 179 g/mol. The molecule has 1 saturated carbocycles. The van der Waals surface area contributed by atoms with E-state index in [0.717, 1.165) is 24.8 Å². The van der Waals surface area contributed by atoms with Gasteiger partial charge in [-0.05, 0) is 25.3 Å². The molecule has 1 aromatic rings. The van der Waals surface area contributed by atoms with Gasteiger partial charge in [0.2, 0.25) is 0 Å². The van der Waals surface area contributed by atoms with Crippen molar-refractivity contribution in [1.82, 2.24) is 14.9 Å². The lowest BCUT2D eigenvalue weighted by Gasteiger charge is -2.25. The molecule has 0 atom stereocenters. The van der Waals surface area contributed by atoms with Gasteiger partial charge in [-0.25, -0.2) is 4.98 Å². The molecule has 1 heterocycles. The molecule has 1 aliphatic rings. The van der Waals surface area contributed by atoms with Gasteiger partial charge in [0.15, 0.2) is 0 Å². The van der Waals surface area contributed by atoms with E-state index in [1.807, 2.05) is 19.4 Å². The minimum atomic E-state index is 0.903. The number of nitrogens with zero attached hydrogens (tertiary/aromatic N) is 2. The van der Waals surface area contributed by atoms with Crippen LogP contribution in [0.25, 0.3) is 0 Å². The maximum atomic E-state index is 4.26. The van der Waals surface area contributed by atoms with Gasteiger partial charge >= 0.3 is 0 Å². The third-order valence-electron chi connectivity index (χ3n) is 2.86. The van der Waals surface area contributed by atoms with E-state index in [2.05, 4.69) is 14.9 Å². The summed E-state index contributed by atoms with van der Waals surface area (Å²) in [6.07, 6.45) is 8.08. The first-order chi connectivity index (χ1) is 6.36. The Kier molecular flexibility index (Phi) is 2.64. The van der Waals surface area contributed by atoms with Crippen molar-refractivity contribution >= 4 is 0 Å². The van der Waals surface area contributed by atoms with Gasteiger partial charge in [0, 0.05) is 19.4 Å². The van der Waals surface area contributed by atoms with E-state index in [9.17, 15) is 0 Å². The van der Waals surface area contributed by atoms with Crippen LogP contribution in [0.5, 0.6) is 0 Å². The zero-order chi connectivity index (χ0) is 9.10. The predicted octanol–water partition coefficient (Wildman–Crippen LogP) is 1.31. The number of imidazole rings is 1. The fourth-order valence-corrected chi connectivity index (χ4v) is 1.65. The number of hydrogen-bond acceptors (Lipinski definition) is 2. The Balaban J connectivity index is 1.70. The highest BCUT2D eigenvalue weighted by atomic mass is 15.1. The van der Waals surface area contributed by atoms with Crippen molar-refractivity contribution in [2.75, 3.05) is 6.54 Å². The summed E-state index contributed by atoms with van der Waals surface area (Å²) < 4.78 is 2.06. The quantitative estimate of drug-likeness (QED) is 0.755. The van der Waals surface area contributed by atoms with Gasteiger partial charge in [0.05, 0.1) is 6.54 Å². The summed E-state index contributed by atoms with van der Waals surface area (Å²) >= 11 is 0. The molecule has 72 valence electrons. The molecule has 3 heteroatoms. The monoisotopic (exact) mass is 179 g/mol. The van der Waals surface area contributed by atoms with Crippen LogP contribution in [-0.2, 0) is 13.6 Å². The molecule has 0 spiro atoms. The standard InChI is InChI=1S/C10H17N3/c1-13-6-5-12-10(13)8-11-7-9-3-2-4-9/h5-6,9,11H,2-4,7-8H2,1H3. The third-order valence-corrected chi connectivity index (χ3v) is 2.86. The fourth-order valence-electron chi connectivity index (χ4n) is 1.65. The SMILES string of the molecule is Cn1ccnc1CNCC1CCC1. The molecular weight excluding hydrogens is 162 g/mol. The lowest BCUT2D eigenvalue weighted by Crippen LogP contribution is -2.27. The van der Waals surface area contributed by atoms with Crippen LogP contribution < -0.4 is 5.32 Å². The van der Waals surface area contributed by atoms with Crippen molar-refractivity contribution < 1.29 is 0 Å². The summed E-state index contributed by atoms with van der Waals surface area (Å²) in [7, 11) is 2.04. The van der Waals surface area contributed by atoms with Crippen LogP contribution in [0, 0.1) is 5.92 Å². The maximum absolute atomic E-state index is 4.26. The van der Waals surface area contributed by atoms with E-state index in [1.165, 1.54) is 19.3 Å². The van der Waals surface area contributed by atoms with E-state index in [1.54, 1.807) is 0 Å². The Hall–Kier alpha value is -0.830. The summed E-state index contributed by atoms with van der Waals surface area (Å²) in [6, 6.07) is 0. The van der Waals surface area contributed by atoms with Gasteiger partial charge in [-0.15, -0.1) is 0 Å². The Labute approximate surface area is 79.2 Å². The second-order valence-corrected chi connectivity index (χ2v) is 3.88. The highest BCUT2D eigenvalue weighted by molar-refractivity contribution is 4.90. The molecule has 0 aromatic carbocycles. The number of aryl methyl sites for hydroxylation is 1. The smallest absolute Gasteiger partial charge is 0.122 e. The lowest BCUT2D eigenvalue weighted by atomic mass is 9.85. The molecule has 2 rings (SSSR count). The van der Waals surface area contributed by atoms with Crippen molar-refractivity contribution in [3.63, 3.8) is 0 Å². The molecule has 3 nitrogen and oxygen atoms in total. The van der Waals surface area contributed by atoms with Crippen molar-refractivity contribution in [3.8, 4) is 0 Å². The van der Waals surface area contributed by atoms with Crippen molar-refractivity contribution in [2.24, 2.45) is 13.0 Å². The van der Waals surface area contributed by atoms with E-state index >= 15 is 0 Å². The largest absolute Gasteiger partial charge is 0.337 e. The molecule has 0 saturated heterocycles. The van der Waals surface area contributed by atoms with Gasteiger partial charge in [0.1, 0.15) is 5.82 Å². The number of hydrogen-bond donors (Lipinski definition) is 1. The van der Waals surface area contributed by atoms with Gasteiger partial charge < -0.3 is 9.88 Å². The first-order valence-electron chi connectivity index (χ1n) is 5.03. The molecule has 1 N–H and O–H groups in total. The van der Waals surface area contributed by atoms with Gasteiger partial charge in [-0.3, -0.25) is 0 Å². The van der Waals surface area contributed by atoms with Crippen LogP contribution in [0.4, 0.5) is 0 Å². The van der Waals surface area contributed by atoms with Crippen LogP contribution >= 0.6 is 0 Å². The van der Waals surface area contributed by atoms with Crippen molar-refractivity contribution in [2.45, 2.75) is 25.8 Å². The first-order valence-corrected chi connectivity index (χ1v) is 5.03. The van der Waals surface area contributed by atoms with Crippen LogP contribution in [0.1, 0.15) is 25.1 Å². The van der Waals surface area contributed by atoms with Crippen LogP contribution in [-0.4, -0.2) is 16.1 Å². The summed E-state index contributed by atoms with van der Waals surface area (Å²) in [4.78, 5) is 4.26. The molecule has 0 unspecified atom stereocenters. The molecule has 0 bridgehead atoms. The molecule has 1 aromatic heterocycles. The molecule has 1 fully saturated rings. The number of aromatic nitrogens is 2. The van der Waals surface area contributed by atoms with Gasteiger partial charge in [-0.2, -0.15) is 0 Å². The van der Waals surface area contributed by atoms with E-state index < -0.39 is 0 Å². The van der Waals surface area contributed by atoms with Gasteiger partial charge in [-0.1, -0.05) is 6.42 Å². The third kappa shape index (κ3) is 2.10. The Bertz CT molecular complexity index is 263. The molecule has 1 aliphatic carbocycles. The molecule has 13 heavy (non-hydrogen) atoms. The highest BCUT2D eigenvalue weighted by Gasteiger charge is 2.16. The fraction of sp³-hybridized carbons (Fsp3) is 0.700. The predicted molar refractivity (Wildman–Crippen MR) is 52.3 cm³/mol. The van der Waals surface area contributed by atoms with E-state index in [4.69, 9.17) is 0 Å². The Morgan fingerprint density at radius 2 is 2.46 bits per heavy atom. The summed E-state index contributed by atoms with van der Waals surface area (Å²) in [5.74, 6) is 2.06. The van der Waals surface area contributed by atoms with Crippen molar-refractivity contribution in [3.05, 3.63) is 18.2 Å². The maximum Gasteiger partial charge on any atom is 0.122 e. The van der Waals surface area contributed by atoms with E-state index in [0.29, 0.717) is 0 Å². The molecular formula is C10H17N3. The first kappa shape index (κ1) is 8.75. The Morgan fingerprint density at radius 3 is 3.00 bits per heavy atom. The molecule has 0 amide bonds. The van der Waals surface area contributed by atoms with Crippen LogP contribution in [0.15, 0.2) is 12.4 Å². The second-order valence-electron chi connectivity index (χ2n) is 3.88. The molecule has 0 aliphatic heterocycles. The second kappa shape index (κ2) is 3.92. The van der Waals surface area contributed by atoms with Crippen LogP contribution in [0.3, 0.4) is 0 Å². The zero-order valence-corrected chi connectivity index (χ0v) is 8.16. The topological polar surface area (TPSA) is 29.9 Å². The molecule has 0 radical (unpaired) electrons. The van der Waals surface area contributed by atoms with Crippen molar-refractivity contribution in [1.29, 1.82) is 0 Å². The summed E-state index contributed by atoms with van der Waals surface area (Å²) in [5.41, 5.74) is 0. The van der Waals surface area contributed by atoms with Crippen LogP contribution in [0.2, 0.25) is 0 Å². The summed E-state index contributed by atoms with van der Waals surface area (Å²) in [6.45, 7) is 2.06. The minimum absolute atomic E-state index is 0.903. The average Bonchev–Trinajstić information content (AvgIpc) is 2.42. The Morgan fingerprint density at radius 1 is 1.62 bits per heavy atom. The highest BCUT2D eigenvalue weighted by Crippen LogP contribution is 2.25. The number of rotatable bonds is 4. The lowest BCUT2D eigenvalue weighted by molar-refractivity contribution is 0.300. The summed E-state index contributed by atoms with van der Waals surface area (Å²) in [5, 5.41) is 3.45.